The van der Waals surface area contributed by atoms with Gasteiger partial charge in [0, 0.05) is 24.0 Å². The third kappa shape index (κ3) is 3.75. The highest BCUT2D eigenvalue weighted by atomic mass is 16.5. The van der Waals surface area contributed by atoms with Gasteiger partial charge in [-0.3, -0.25) is 4.98 Å². The first kappa shape index (κ1) is 13.5. The molecule has 0 amide bonds. The molecule has 2 aromatic rings. The molecule has 6 heteroatoms. The Kier molecular flexibility index (Phi) is 4.46. The van der Waals surface area contributed by atoms with Gasteiger partial charge in [-0.15, -0.1) is 5.10 Å². The molecule has 0 aliphatic rings. The molecule has 0 radical (unpaired) electrons. The molecule has 2 N–H and O–H groups in total. The minimum absolute atomic E-state index is 0.591. The number of methoxy groups -OCH3 is 1. The zero-order valence-electron chi connectivity index (χ0n) is 11.3. The summed E-state index contributed by atoms with van der Waals surface area (Å²) < 4.78 is 7.02. The third-order valence-electron chi connectivity index (χ3n) is 2.76. The number of pyridine rings is 1. The first-order chi connectivity index (χ1) is 9.21. The van der Waals surface area contributed by atoms with Gasteiger partial charge >= 0.3 is 0 Å². The van der Waals surface area contributed by atoms with E-state index in [0.717, 1.165) is 35.7 Å². The number of hydrogen-bond acceptors (Lipinski definition) is 5. The van der Waals surface area contributed by atoms with Gasteiger partial charge in [0.2, 0.25) is 0 Å². The summed E-state index contributed by atoms with van der Waals surface area (Å²) in [5.41, 5.74) is 8.28. The molecule has 0 aromatic carbocycles. The van der Waals surface area contributed by atoms with E-state index >= 15 is 0 Å². The van der Waals surface area contributed by atoms with Crippen LogP contribution in [-0.2, 0) is 13.0 Å². The summed E-state index contributed by atoms with van der Waals surface area (Å²) in [6.45, 7) is 3.21. The molecule has 2 aromatic heterocycles. The van der Waals surface area contributed by atoms with Gasteiger partial charge in [0.15, 0.2) is 0 Å². The van der Waals surface area contributed by atoms with Crippen LogP contribution in [0.1, 0.15) is 23.5 Å². The Morgan fingerprint density at radius 2 is 2.16 bits per heavy atom. The van der Waals surface area contributed by atoms with Crippen LogP contribution in [0.15, 0.2) is 18.3 Å². The first-order valence-corrected chi connectivity index (χ1v) is 6.32. The van der Waals surface area contributed by atoms with Crippen molar-refractivity contribution in [3.63, 3.8) is 0 Å². The molecule has 0 saturated heterocycles. The van der Waals surface area contributed by atoms with Crippen LogP contribution in [0.3, 0.4) is 0 Å². The van der Waals surface area contributed by atoms with Crippen LogP contribution in [0.2, 0.25) is 0 Å². The fourth-order valence-corrected chi connectivity index (χ4v) is 1.88. The Hall–Kier alpha value is -1.95. The van der Waals surface area contributed by atoms with Gasteiger partial charge in [0.25, 0.3) is 0 Å². The molecule has 0 spiro atoms. The van der Waals surface area contributed by atoms with E-state index in [4.69, 9.17) is 10.5 Å². The van der Waals surface area contributed by atoms with E-state index in [0.29, 0.717) is 13.1 Å². The molecule has 0 saturated carbocycles. The fourth-order valence-electron chi connectivity index (χ4n) is 1.88. The lowest BCUT2D eigenvalue weighted by atomic mass is 10.2. The van der Waals surface area contributed by atoms with Gasteiger partial charge in [-0.2, -0.15) is 0 Å². The van der Waals surface area contributed by atoms with Gasteiger partial charge in [0.1, 0.15) is 5.75 Å². The fraction of sp³-hybridized carbons (Fsp3) is 0.462. The van der Waals surface area contributed by atoms with Crippen molar-refractivity contribution in [2.75, 3.05) is 13.7 Å². The van der Waals surface area contributed by atoms with Crippen LogP contribution < -0.4 is 10.5 Å². The molecule has 0 unspecified atom stereocenters. The second-order valence-electron chi connectivity index (χ2n) is 4.44. The monoisotopic (exact) mass is 261 g/mol. The van der Waals surface area contributed by atoms with E-state index in [-0.39, 0.29) is 0 Å². The van der Waals surface area contributed by atoms with Gasteiger partial charge < -0.3 is 10.5 Å². The summed E-state index contributed by atoms with van der Waals surface area (Å²) in [7, 11) is 1.65. The van der Waals surface area contributed by atoms with Crippen LogP contribution in [0.25, 0.3) is 0 Å². The van der Waals surface area contributed by atoms with Crippen LogP contribution in [0.5, 0.6) is 5.75 Å². The number of nitrogens with zero attached hydrogens (tertiary/aromatic N) is 4. The van der Waals surface area contributed by atoms with E-state index < -0.39 is 0 Å². The van der Waals surface area contributed by atoms with Crippen molar-refractivity contribution < 1.29 is 4.74 Å². The number of ether oxygens (including phenoxy) is 1. The normalized spacial score (nSPS) is 10.7. The van der Waals surface area contributed by atoms with Crippen LogP contribution >= 0.6 is 0 Å². The van der Waals surface area contributed by atoms with Crippen LogP contribution in [-0.4, -0.2) is 33.6 Å². The number of nitrogens with two attached hydrogens (primary N) is 1. The highest BCUT2D eigenvalue weighted by Crippen LogP contribution is 2.14. The molecular weight excluding hydrogens is 242 g/mol. The molecule has 2 rings (SSSR count). The van der Waals surface area contributed by atoms with Crippen molar-refractivity contribution in [1.82, 2.24) is 20.0 Å². The maximum Gasteiger partial charge on any atom is 0.122 e. The highest BCUT2D eigenvalue weighted by molar-refractivity contribution is 5.26. The molecule has 2 heterocycles. The summed E-state index contributed by atoms with van der Waals surface area (Å²) in [6, 6.07) is 3.81. The summed E-state index contributed by atoms with van der Waals surface area (Å²) in [5.74, 6) is 0.811. The molecule has 0 bridgehead atoms. The Labute approximate surface area is 112 Å². The molecule has 102 valence electrons. The Morgan fingerprint density at radius 1 is 1.32 bits per heavy atom. The zero-order valence-corrected chi connectivity index (χ0v) is 11.3. The predicted molar refractivity (Wildman–Crippen MR) is 72.0 cm³/mol. The Morgan fingerprint density at radius 3 is 2.89 bits per heavy atom. The third-order valence-corrected chi connectivity index (χ3v) is 2.76. The van der Waals surface area contributed by atoms with E-state index in [1.165, 1.54) is 0 Å². The number of rotatable bonds is 6. The highest BCUT2D eigenvalue weighted by Gasteiger charge is 2.04. The molecule has 0 fully saturated rings. The van der Waals surface area contributed by atoms with Crippen molar-refractivity contribution in [3.05, 3.63) is 35.4 Å². The predicted octanol–water partition coefficient (Wildman–Crippen LogP) is 0.930. The SMILES string of the molecule is COc1cc(C)nc(Cn2cc(CCCN)nn2)c1. The maximum absolute atomic E-state index is 5.48. The summed E-state index contributed by atoms with van der Waals surface area (Å²) in [6.07, 6.45) is 3.72. The summed E-state index contributed by atoms with van der Waals surface area (Å²) in [5, 5.41) is 8.21. The summed E-state index contributed by atoms with van der Waals surface area (Å²) >= 11 is 0. The lowest BCUT2D eigenvalue weighted by molar-refractivity contribution is 0.412. The lowest BCUT2D eigenvalue weighted by Crippen LogP contribution is -2.04. The minimum atomic E-state index is 0.591. The van der Waals surface area contributed by atoms with Crippen molar-refractivity contribution >= 4 is 0 Å². The second-order valence-corrected chi connectivity index (χ2v) is 4.44. The first-order valence-electron chi connectivity index (χ1n) is 6.32. The Bertz CT molecular complexity index is 538. The average molecular weight is 261 g/mol. The maximum atomic E-state index is 5.48. The summed E-state index contributed by atoms with van der Waals surface area (Å²) in [4.78, 5) is 4.46. The van der Waals surface area contributed by atoms with Gasteiger partial charge in [-0.05, 0) is 26.3 Å². The average Bonchev–Trinajstić information content (AvgIpc) is 2.83. The minimum Gasteiger partial charge on any atom is -0.497 e. The van der Waals surface area contributed by atoms with Gasteiger partial charge in [-0.25, -0.2) is 4.68 Å². The van der Waals surface area contributed by atoms with E-state index in [9.17, 15) is 0 Å². The number of aryl methyl sites for hydroxylation is 2. The molecule has 6 nitrogen and oxygen atoms in total. The molecule has 0 atom stereocenters. The van der Waals surface area contributed by atoms with Crippen LogP contribution in [0.4, 0.5) is 0 Å². The zero-order chi connectivity index (χ0) is 13.7. The standard InChI is InChI=1S/C13H19N5O/c1-10-6-13(19-2)7-12(15-10)9-18-8-11(16-17-18)4-3-5-14/h6-8H,3-5,9,14H2,1-2H3. The second kappa shape index (κ2) is 6.29. The van der Waals surface area contributed by atoms with E-state index in [2.05, 4.69) is 15.3 Å². The van der Waals surface area contributed by atoms with Crippen molar-refractivity contribution in [1.29, 1.82) is 0 Å². The smallest absolute Gasteiger partial charge is 0.122 e. The van der Waals surface area contributed by atoms with Gasteiger partial charge in [0.05, 0.1) is 25.0 Å². The van der Waals surface area contributed by atoms with Crippen LogP contribution in [0, 0.1) is 6.92 Å². The Balaban J connectivity index is 2.08. The largest absolute Gasteiger partial charge is 0.497 e. The van der Waals surface area contributed by atoms with E-state index in [1.54, 1.807) is 11.8 Å². The molecule has 0 aliphatic carbocycles. The van der Waals surface area contributed by atoms with Gasteiger partial charge in [-0.1, -0.05) is 5.21 Å². The number of hydrogen-bond donors (Lipinski definition) is 1. The topological polar surface area (TPSA) is 78.9 Å². The quantitative estimate of drug-likeness (QED) is 0.836. The van der Waals surface area contributed by atoms with E-state index in [1.807, 2.05) is 25.3 Å². The van der Waals surface area contributed by atoms with Crippen molar-refractivity contribution in [2.24, 2.45) is 5.73 Å². The molecule has 0 aliphatic heterocycles. The lowest BCUT2D eigenvalue weighted by Gasteiger charge is -2.05. The molecule has 19 heavy (non-hydrogen) atoms. The van der Waals surface area contributed by atoms with Crippen molar-refractivity contribution in [2.45, 2.75) is 26.3 Å². The van der Waals surface area contributed by atoms with Crippen molar-refractivity contribution in [3.8, 4) is 5.75 Å². The number of aromatic nitrogens is 4. The molecular formula is C13H19N5O.